The van der Waals surface area contributed by atoms with Crippen LogP contribution in [-0.2, 0) is 24.3 Å². The van der Waals surface area contributed by atoms with E-state index >= 15 is 0 Å². The molecule has 1 aromatic heterocycles. The second-order valence-corrected chi connectivity index (χ2v) is 8.80. The van der Waals surface area contributed by atoms with E-state index in [1.54, 1.807) is 0 Å². The summed E-state index contributed by atoms with van der Waals surface area (Å²) >= 11 is 3.94. The number of fused-ring (bicyclic) bond motifs is 3. The summed E-state index contributed by atoms with van der Waals surface area (Å²) < 4.78 is 2.42. The number of nitrogens with zero attached hydrogens (tertiary/aromatic N) is 2. The molecule has 0 bridgehead atoms. The summed E-state index contributed by atoms with van der Waals surface area (Å²) in [5, 5.41) is 7.12. The van der Waals surface area contributed by atoms with Crippen LogP contribution in [0.3, 0.4) is 0 Å². The molecule has 1 aliphatic rings. The number of urea groups is 1. The molecule has 2 aromatic carbocycles. The highest BCUT2D eigenvalue weighted by Gasteiger charge is 2.26. The van der Waals surface area contributed by atoms with Gasteiger partial charge in [0.15, 0.2) is 0 Å². The van der Waals surface area contributed by atoms with Gasteiger partial charge >= 0.3 is 6.03 Å². The van der Waals surface area contributed by atoms with Gasteiger partial charge in [0, 0.05) is 61.3 Å². The standard InChI is InChI=1S/C26H32N4O2S/c31-25(19-33)27-14-7-2-8-15-28-26(32)29-16-13-24-22(18-29)21-11-5-6-12-23(21)30(24)17-20-9-3-1-4-10-20/h1,3-6,9-12,33H,2,7-8,13-19H2,(H,27,31)(H,28,32). The number of carbonyl (C=O) groups excluding carboxylic acids is 2. The van der Waals surface area contributed by atoms with Crippen LogP contribution in [0.4, 0.5) is 4.79 Å². The van der Waals surface area contributed by atoms with Crippen molar-refractivity contribution in [1.82, 2.24) is 20.1 Å². The smallest absolute Gasteiger partial charge is 0.317 e. The van der Waals surface area contributed by atoms with Gasteiger partial charge in [0.2, 0.25) is 5.91 Å². The highest BCUT2D eigenvalue weighted by molar-refractivity contribution is 7.81. The van der Waals surface area contributed by atoms with Gasteiger partial charge in [-0.15, -0.1) is 0 Å². The van der Waals surface area contributed by atoms with Crippen molar-refractivity contribution in [3.05, 3.63) is 71.4 Å². The number of unbranched alkanes of at least 4 members (excludes halogenated alkanes) is 2. The van der Waals surface area contributed by atoms with Crippen LogP contribution in [0, 0.1) is 0 Å². The van der Waals surface area contributed by atoms with Gasteiger partial charge < -0.3 is 20.1 Å². The van der Waals surface area contributed by atoms with Gasteiger partial charge in [-0.3, -0.25) is 4.79 Å². The predicted molar refractivity (Wildman–Crippen MR) is 136 cm³/mol. The highest BCUT2D eigenvalue weighted by Crippen LogP contribution is 2.31. The average molecular weight is 465 g/mol. The molecule has 0 saturated carbocycles. The van der Waals surface area contributed by atoms with Gasteiger partial charge in [0.1, 0.15) is 0 Å². The van der Waals surface area contributed by atoms with Crippen molar-refractivity contribution in [3.63, 3.8) is 0 Å². The van der Waals surface area contributed by atoms with Crippen LogP contribution in [-0.4, -0.2) is 46.8 Å². The molecule has 2 heterocycles. The molecule has 174 valence electrons. The van der Waals surface area contributed by atoms with E-state index < -0.39 is 0 Å². The lowest BCUT2D eigenvalue weighted by Gasteiger charge is -2.28. The molecular formula is C26H32N4O2S. The Morgan fingerprint density at radius 2 is 1.64 bits per heavy atom. The second kappa shape index (κ2) is 11.3. The van der Waals surface area contributed by atoms with Crippen LogP contribution in [0.5, 0.6) is 0 Å². The van der Waals surface area contributed by atoms with Crippen molar-refractivity contribution < 1.29 is 9.59 Å². The van der Waals surface area contributed by atoms with Gasteiger partial charge in [-0.25, -0.2) is 4.79 Å². The first kappa shape index (κ1) is 23.2. The van der Waals surface area contributed by atoms with Gasteiger partial charge in [-0.2, -0.15) is 12.6 Å². The maximum absolute atomic E-state index is 12.8. The molecule has 2 N–H and O–H groups in total. The van der Waals surface area contributed by atoms with E-state index in [0.717, 1.165) is 38.8 Å². The molecule has 0 unspecified atom stereocenters. The minimum atomic E-state index is -0.0405. The van der Waals surface area contributed by atoms with Crippen molar-refractivity contribution >= 4 is 35.5 Å². The van der Waals surface area contributed by atoms with Crippen molar-refractivity contribution in [2.75, 3.05) is 25.4 Å². The van der Waals surface area contributed by atoms with E-state index in [-0.39, 0.29) is 17.7 Å². The van der Waals surface area contributed by atoms with Crippen molar-refractivity contribution in [3.8, 4) is 0 Å². The number of aromatic nitrogens is 1. The molecule has 33 heavy (non-hydrogen) atoms. The van der Waals surface area contributed by atoms with Gasteiger partial charge in [-0.05, 0) is 30.9 Å². The summed E-state index contributed by atoms with van der Waals surface area (Å²) in [5.74, 6) is 0.180. The maximum Gasteiger partial charge on any atom is 0.317 e. The van der Waals surface area contributed by atoms with Crippen molar-refractivity contribution in [2.45, 2.75) is 38.8 Å². The molecular weight excluding hydrogens is 432 g/mol. The van der Waals surface area contributed by atoms with Crippen LogP contribution in [0.15, 0.2) is 54.6 Å². The molecule has 0 spiro atoms. The summed E-state index contributed by atoms with van der Waals surface area (Å²) in [7, 11) is 0. The lowest BCUT2D eigenvalue weighted by atomic mass is 10.0. The van der Waals surface area contributed by atoms with Crippen LogP contribution < -0.4 is 10.6 Å². The largest absolute Gasteiger partial charge is 0.355 e. The lowest BCUT2D eigenvalue weighted by molar-refractivity contribution is -0.118. The Bertz CT molecular complexity index is 1100. The minimum absolute atomic E-state index is 0.00363. The monoisotopic (exact) mass is 464 g/mol. The molecule has 1 aliphatic heterocycles. The lowest BCUT2D eigenvalue weighted by Crippen LogP contribution is -2.43. The Hall–Kier alpha value is -2.93. The first-order valence-corrected chi connectivity index (χ1v) is 12.3. The molecule has 0 fully saturated rings. The number of benzene rings is 2. The third-order valence-corrected chi connectivity index (χ3v) is 6.52. The topological polar surface area (TPSA) is 66.4 Å². The Balaban J connectivity index is 1.35. The molecule has 6 nitrogen and oxygen atoms in total. The number of thiol groups is 1. The summed E-state index contributed by atoms with van der Waals surface area (Å²) in [4.78, 5) is 25.9. The normalized spacial score (nSPS) is 13.1. The molecule has 0 aliphatic carbocycles. The maximum atomic E-state index is 12.8. The molecule has 0 radical (unpaired) electrons. The molecule has 7 heteroatoms. The van der Waals surface area contributed by atoms with E-state index in [2.05, 4.69) is 76.4 Å². The summed E-state index contributed by atoms with van der Waals surface area (Å²) in [5.41, 5.74) is 5.13. The zero-order valence-corrected chi connectivity index (χ0v) is 19.8. The summed E-state index contributed by atoms with van der Waals surface area (Å²) in [6.07, 6.45) is 3.63. The first-order chi connectivity index (χ1) is 16.2. The zero-order chi connectivity index (χ0) is 23.0. The van der Waals surface area contributed by atoms with Gasteiger partial charge in [0.25, 0.3) is 0 Å². The van der Waals surface area contributed by atoms with Crippen LogP contribution in [0.2, 0.25) is 0 Å². The predicted octanol–water partition coefficient (Wildman–Crippen LogP) is 3.97. The van der Waals surface area contributed by atoms with E-state index in [1.807, 2.05) is 11.0 Å². The van der Waals surface area contributed by atoms with Gasteiger partial charge in [0.05, 0.1) is 5.75 Å². The number of rotatable bonds is 9. The Morgan fingerprint density at radius 3 is 2.42 bits per heavy atom. The number of hydrogen-bond donors (Lipinski definition) is 3. The first-order valence-electron chi connectivity index (χ1n) is 11.7. The summed E-state index contributed by atoms with van der Waals surface area (Å²) in [6, 6.07) is 19.1. The molecule has 4 rings (SSSR count). The fourth-order valence-electron chi connectivity index (χ4n) is 4.54. The third-order valence-electron chi connectivity index (χ3n) is 6.23. The SMILES string of the molecule is O=C(CS)NCCCCCNC(=O)N1CCc2c(c3ccccc3n2Cc2ccccc2)C1. The van der Waals surface area contributed by atoms with E-state index in [9.17, 15) is 9.59 Å². The van der Waals surface area contributed by atoms with Gasteiger partial charge in [-0.1, -0.05) is 48.5 Å². The minimum Gasteiger partial charge on any atom is -0.355 e. The van der Waals surface area contributed by atoms with Crippen LogP contribution in [0.25, 0.3) is 10.9 Å². The fraction of sp³-hybridized carbons (Fsp3) is 0.385. The summed E-state index contributed by atoms with van der Waals surface area (Å²) in [6.45, 7) is 3.52. The van der Waals surface area contributed by atoms with Crippen LogP contribution >= 0.6 is 12.6 Å². The molecule has 3 amide bonds. The number of amides is 3. The fourth-order valence-corrected chi connectivity index (χ4v) is 4.65. The van der Waals surface area contributed by atoms with Crippen LogP contribution in [0.1, 0.15) is 36.1 Å². The van der Waals surface area contributed by atoms with E-state index in [0.29, 0.717) is 19.6 Å². The van der Waals surface area contributed by atoms with E-state index in [4.69, 9.17) is 0 Å². The van der Waals surface area contributed by atoms with Crippen molar-refractivity contribution in [1.29, 1.82) is 0 Å². The van der Waals surface area contributed by atoms with Crippen molar-refractivity contribution in [2.24, 2.45) is 0 Å². The average Bonchev–Trinajstić information content (AvgIpc) is 3.16. The Labute approximate surface area is 200 Å². The molecule has 3 aromatic rings. The highest BCUT2D eigenvalue weighted by atomic mass is 32.1. The Kier molecular flexibility index (Phi) is 7.94. The molecule has 0 saturated heterocycles. The Morgan fingerprint density at radius 1 is 0.909 bits per heavy atom. The number of nitrogens with one attached hydrogen (secondary N) is 2. The number of carbonyl (C=O) groups is 2. The second-order valence-electron chi connectivity index (χ2n) is 8.49. The third kappa shape index (κ3) is 5.71. The van der Waals surface area contributed by atoms with E-state index in [1.165, 1.54) is 27.7 Å². The quantitative estimate of drug-likeness (QED) is 0.331. The number of para-hydroxylation sites is 1. The zero-order valence-electron chi connectivity index (χ0n) is 18.9. The molecule has 0 atom stereocenters. The number of hydrogen-bond acceptors (Lipinski definition) is 3.